The standard InChI is InChI=1S/C32H23NO3/c34-26-19-15-23(16-20-26)32(24-17-21-28(22-18-24)36-27-11-5-2-6-12-27)30-14-8-7-13-29(30)31(35)33(32)25-9-3-1-4-10-25/h1-22,34H. The van der Waals surface area contributed by atoms with Crippen LogP contribution >= 0.6 is 0 Å². The fourth-order valence-electron chi connectivity index (χ4n) is 5.09. The average Bonchev–Trinajstić information content (AvgIpc) is 3.20. The molecule has 0 fully saturated rings. The quantitative estimate of drug-likeness (QED) is 0.298. The van der Waals surface area contributed by atoms with Crippen LogP contribution in [0.15, 0.2) is 133 Å². The molecule has 0 saturated carbocycles. The van der Waals surface area contributed by atoms with Crippen LogP contribution in [-0.4, -0.2) is 11.0 Å². The van der Waals surface area contributed by atoms with Crippen molar-refractivity contribution in [3.63, 3.8) is 0 Å². The SMILES string of the molecule is O=C1c2ccccc2C(c2ccc(O)cc2)(c2ccc(Oc3ccccc3)cc2)N1c1ccccc1. The van der Waals surface area contributed by atoms with Crippen LogP contribution in [0, 0.1) is 0 Å². The van der Waals surface area contributed by atoms with Crippen molar-refractivity contribution in [3.8, 4) is 17.2 Å². The second-order valence-corrected chi connectivity index (χ2v) is 8.72. The molecule has 1 atom stereocenters. The Balaban J connectivity index is 1.58. The molecule has 0 saturated heterocycles. The maximum atomic E-state index is 14.0. The van der Waals surface area contributed by atoms with Crippen molar-refractivity contribution in [3.05, 3.63) is 156 Å². The van der Waals surface area contributed by atoms with Gasteiger partial charge in [-0.3, -0.25) is 9.69 Å². The Morgan fingerprint density at radius 2 is 1.11 bits per heavy atom. The number of fused-ring (bicyclic) bond motifs is 1. The topological polar surface area (TPSA) is 49.8 Å². The smallest absolute Gasteiger partial charge is 0.260 e. The fourth-order valence-corrected chi connectivity index (χ4v) is 5.09. The van der Waals surface area contributed by atoms with E-state index in [0.717, 1.165) is 28.1 Å². The molecule has 1 aliphatic heterocycles. The summed E-state index contributed by atoms with van der Waals surface area (Å²) in [5.74, 6) is 1.55. The zero-order valence-corrected chi connectivity index (χ0v) is 19.4. The van der Waals surface area contributed by atoms with Gasteiger partial charge in [-0.1, -0.05) is 78.9 Å². The van der Waals surface area contributed by atoms with E-state index in [0.29, 0.717) is 11.3 Å². The molecule has 0 bridgehead atoms. The van der Waals surface area contributed by atoms with Crippen LogP contribution in [0.4, 0.5) is 5.69 Å². The monoisotopic (exact) mass is 469 g/mol. The van der Waals surface area contributed by atoms with Crippen LogP contribution in [-0.2, 0) is 5.54 Å². The third-order valence-electron chi connectivity index (χ3n) is 6.64. The van der Waals surface area contributed by atoms with E-state index in [1.165, 1.54) is 0 Å². The maximum Gasteiger partial charge on any atom is 0.260 e. The molecule has 1 N–H and O–H groups in total. The first-order valence-corrected chi connectivity index (χ1v) is 11.8. The van der Waals surface area contributed by atoms with Gasteiger partial charge in [0.1, 0.15) is 22.8 Å². The number of ether oxygens (including phenoxy) is 1. The van der Waals surface area contributed by atoms with Gasteiger partial charge in [0.2, 0.25) is 0 Å². The summed E-state index contributed by atoms with van der Waals surface area (Å²) in [5.41, 5.74) is 3.18. The van der Waals surface area contributed by atoms with E-state index in [9.17, 15) is 9.90 Å². The summed E-state index contributed by atoms with van der Waals surface area (Å²) in [6.45, 7) is 0. The molecule has 36 heavy (non-hydrogen) atoms. The molecule has 1 heterocycles. The lowest BCUT2D eigenvalue weighted by molar-refractivity contribution is 0.0986. The second-order valence-electron chi connectivity index (χ2n) is 8.72. The minimum absolute atomic E-state index is 0.0745. The van der Waals surface area contributed by atoms with E-state index in [4.69, 9.17) is 4.74 Å². The molecule has 4 nitrogen and oxygen atoms in total. The Bertz CT molecular complexity index is 1510. The first-order chi connectivity index (χ1) is 17.7. The van der Waals surface area contributed by atoms with Gasteiger partial charge in [0.05, 0.1) is 0 Å². The van der Waals surface area contributed by atoms with Gasteiger partial charge >= 0.3 is 0 Å². The normalized spacial score (nSPS) is 16.6. The van der Waals surface area contributed by atoms with E-state index < -0.39 is 5.54 Å². The zero-order valence-electron chi connectivity index (χ0n) is 19.4. The number of amides is 1. The Labute approximate surface area is 209 Å². The van der Waals surface area contributed by atoms with Crippen molar-refractivity contribution in [2.45, 2.75) is 5.54 Å². The number of para-hydroxylation sites is 2. The number of carbonyl (C=O) groups is 1. The minimum atomic E-state index is -0.937. The first kappa shape index (κ1) is 21.7. The highest BCUT2D eigenvalue weighted by Crippen LogP contribution is 2.51. The molecule has 5 aromatic rings. The van der Waals surface area contributed by atoms with Crippen molar-refractivity contribution in [2.75, 3.05) is 4.90 Å². The highest BCUT2D eigenvalue weighted by molar-refractivity contribution is 6.13. The third-order valence-corrected chi connectivity index (χ3v) is 6.64. The van der Waals surface area contributed by atoms with Gasteiger partial charge in [-0.15, -0.1) is 0 Å². The average molecular weight is 470 g/mol. The summed E-state index contributed by atoms with van der Waals surface area (Å²) in [5, 5.41) is 10.1. The predicted octanol–water partition coefficient (Wildman–Crippen LogP) is 7.14. The third kappa shape index (κ3) is 3.43. The van der Waals surface area contributed by atoms with Crippen molar-refractivity contribution in [1.82, 2.24) is 0 Å². The van der Waals surface area contributed by atoms with Crippen molar-refractivity contribution in [1.29, 1.82) is 0 Å². The summed E-state index contributed by atoms with van der Waals surface area (Å²) in [4.78, 5) is 15.8. The van der Waals surface area contributed by atoms with Crippen LogP contribution in [0.2, 0.25) is 0 Å². The number of benzene rings is 5. The first-order valence-electron chi connectivity index (χ1n) is 11.8. The predicted molar refractivity (Wildman–Crippen MR) is 141 cm³/mol. The lowest BCUT2D eigenvalue weighted by atomic mass is 9.76. The molecule has 1 aliphatic rings. The second kappa shape index (κ2) is 8.75. The molecule has 1 amide bonds. The summed E-state index contributed by atoms with van der Waals surface area (Å²) >= 11 is 0. The van der Waals surface area contributed by atoms with E-state index in [1.807, 2.05) is 126 Å². The number of anilines is 1. The highest BCUT2D eigenvalue weighted by Gasteiger charge is 2.52. The summed E-state index contributed by atoms with van der Waals surface area (Å²) in [6, 6.07) is 42.1. The van der Waals surface area contributed by atoms with Crippen molar-refractivity contribution >= 4 is 11.6 Å². The lowest BCUT2D eigenvalue weighted by Gasteiger charge is -2.40. The summed E-state index contributed by atoms with van der Waals surface area (Å²) in [7, 11) is 0. The van der Waals surface area contributed by atoms with Gasteiger partial charge in [-0.2, -0.15) is 0 Å². The van der Waals surface area contributed by atoms with Crippen LogP contribution in [0.1, 0.15) is 27.0 Å². The summed E-state index contributed by atoms with van der Waals surface area (Å²) in [6.07, 6.45) is 0. The maximum absolute atomic E-state index is 14.0. The number of hydrogen-bond acceptors (Lipinski definition) is 3. The zero-order chi connectivity index (χ0) is 24.5. The van der Waals surface area contributed by atoms with E-state index in [2.05, 4.69) is 0 Å². The molecule has 4 heteroatoms. The van der Waals surface area contributed by atoms with Gasteiger partial charge in [0.15, 0.2) is 0 Å². The highest BCUT2D eigenvalue weighted by atomic mass is 16.5. The van der Waals surface area contributed by atoms with Crippen LogP contribution < -0.4 is 9.64 Å². The minimum Gasteiger partial charge on any atom is -0.508 e. The Morgan fingerprint density at radius 1 is 0.583 bits per heavy atom. The number of rotatable bonds is 5. The number of nitrogens with zero attached hydrogens (tertiary/aromatic N) is 1. The van der Waals surface area contributed by atoms with Crippen LogP contribution in [0.5, 0.6) is 17.2 Å². The van der Waals surface area contributed by atoms with Crippen molar-refractivity contribution < 1.29 is 14.6 Å². The molecule has 0 aromatic heterocycles. The fraction of sp³-hybridized carbons (Fsp3) is 0.0312. The van der Waals surface area contributed by atoms with Gasteiger partial charge in [-0.05, 0) is 71.3 Å². The molecule has 0 aliphatic carbocycles. The van der Waals surface area contributed by atoms with Gasteiger partial charge < -0.3 is 9.84 Å². The molecule has 1 unspecified atom stereocenters. The number of aromatic hydroxyl groups is 1. The lowest BCUT2D eigenvalue weighted by Crippen LogP contribution is -2.46. The van der Waals surface area contributed by atoms with Gasteiger partial charge in [-0.25, -0.2) is 0 Å². The number of phenolic OH excluding ortho intramolecular Hbond substituents is 1. The molecule has 5 aromatic carbocycles. The largest absolute Gasteiger partial charge is 0.508 e. The Hall–Kier alpha value is -4.83. The van der Waals surface area contributed by atoms with Gasteiger partial charge in [0.25, 0.3) is 5.91 Å². The molecule has 0 spiro atoms. The number of phenols is 1. The van der Waals surface area contributed by atoms with Crippen molar-refractivity contribution in [2.24, 2.45) is 0 Å². The summed E-state index contributed by atoms with van der Waals surface area (Å²) < 4.78 is 6.04. The Morgan fingerprint density at radius 3 is 1.78 bits per heavy atom. The van der Waals surface area contributed by atoms with Crippen LogP contribution in [0.3, 0.4) is 0 Å². The molecule has 6 rings (SSSR count). The van der Waals surface area contributed by atoms with E-state index in [-0.39, 0.29) is 11.7 Å². The van der Waals surface area contributed by atoms with E-state index in [1.54, 1.807) is 12.1 Å². The molecular formula is C32H23NO3. The molecule has 0 radical (unpaired) electrons. The van der Waals surface area contributed by atoms with E-state index >= 15 is 0 Å². The van der Waals surface area contributed by atoms with Gasteiger partial charge in [0, 0.05) is 11.3 Å². The Kier molecular flexibility index (Phi) is 5.27. The molecule has 174 valence electrons. The van der Waals surface area contributed by atoms with Crippen LogP contribution in [0.25, 0.3) is 0 Å². The number of hydrogen-bond donors (Lipinski definition) is 1. The number of carbonyl (C=O) groups excluding carboxylic acids is 1. The molecular weight excluding hydrogens is 446 g/mol.